The number of nitrogens with zero attached hydrogens (tertiary/aromatic N) is 1. The van der Waals surface area contributed by atoms with E-state index in [4.69, 9.17) is 21.9 Å². The molecule has 13 heteroatoms. The number of carbonyl (C=O) groups excluding carboxylic acids is 5. The lowest BCUT2D eigenvalue weighted by atomic mass is 10.0. The maximum absolute atomic E-state index is 13.2. The molecule has 0 aliphatic rings. The first-order chi connectivity index (χ1) is 20.0. The lowest BCUT2D eigenvalue weighted by molar-refractivity contribution is -0.132. The van der Waals surface area contributed by atoms with Gasteiger partial charge in [-0.3, -0.25) is 24.0 Å². The molecular formula is C29H39N7O6. The molecule has 0 bridgehead atoms. The minimum atomic E-state index is -1.05. The molecular weight excluding hydrogens is 542 g/mol. The first-order valence-corrected chi connectivity index (χ1v) is 13.5. The average Bonchev–Trinajstić information content (AvgIpc) is 2.94. The summed E-state index contributed by atoms with van der Waals surface area (Å²) >= 11 is 0. The van der Waals surface area contributed by atoms with Gasteiger partial charge >= 0.3 is 5.97 Å². The molecule has 0 heterocycles. The van der Waals surface area contributed by atoms with Crippen LogP contribution < -0.4 is 37.9 Å². The first-order valence-electron chi connectivity index (χ1n) is 13.5. The van der Waals surface area contributed by atoms with Crippen LogP contribution in [0.3, 0.4) is 0 Å². The number of nitrogens with one attached hydrogen (secondary N) is 3. The molecule has 2 aromatic carbocycles. The van der Waals surface area contributed by atoms with E-state index in [1.807, 2.05) is 13.0 Å². The normalized spacial score (nSPS) is 12.6. The molecule has 0 radical (unpaired) electrons. The third-order valence-corrected chi connectivity index (χ3v) is 6.09. The van der Waals surface area contributed by atoms with Crippen molar-refractivity contribution in [2.75, 3.05) is 6.54 Å². The lowest BCUT2D eigenvalue weighted by Crippen LogP contribution is -2.53. The Morgan fingerprint density at radius 3 is 2.05 bits per heavy atom. The molecule has 2 aromatic rings. The summed E-state index contributed by atoms with van der Waals surface area (Å²) in [5, 5.41) is 7.73. The molecule has 0 saturated heterocycles. The van der Waals surface area contributed by atoms with E-state index in [-0.39, 0.29) is 18.8 Å². The molecule has 42 heavy (non-hydrogen) atoms. The lowest BCUT2D eigenvalue weighted by Gasteiger charge is -2.21. The largest absolute Gasteiger partial charge is 0.427 e. The van der Waals surface area contributed by atoms with E-state index in [9.17, 15) is 24.0 Å². The van der Waals surface area contributed by atoms with Gasteiger partial charge in [0.25, 0.3) is 0 Å². The predicted molar refractivity (Wildman–Crippen MR) is 157 cm³/mol. The Morgan fingerprint density at radius 1 is 0.833 bits per heavy atom. The van der Waals surface area contributed by atoms with Gasteiger partial charge in [0.05, 0.1) is 6.54 Å². The average molecular weight is 582 g/mol. The minimum absolute atomic E-state index is 0.102. The highest BCUT2D eigenvalue weighted by molar-refractivity contribution is 5.94. The number of amides is 4. The van der Waals surface area contributed by atoms with Gasteiger partial charge in [-0.1, -0.05) is 62.2 Å². The summed E-state index contributed by atoms with van der Waals surface area (Å²) in [7, 11) is 0. The van der Waals surface area contributed by atoms with Crippen molar-refractivity contribution in [2.45, 2.75) is 64.1 Å². The maximum Gasteiger partial charge on any atom is 0.308 e. The highest BCUT2D eigenvalue weighted by atomic mass is 16.5. The zero-order valence-electron chi connectivity index (χ0n) is 23.8. The van der Waals surface area contributed by atoms with Crippen LogP contribution in [-0.2, 0) is 36.8 Å². The molecule has 2 rings (SSSR count). The van der Waals surface area contributed by atoms with E-state index < -0.39 is 54.3 Å². The molecule has 3 atom stereocenters. The second kappa shape index (κ2) is 17.0. The zero-order chi connectivity index (χ0) is 31.1. The van der Waals surface area contributed by atoms with Gasteiger partial charge in [0.15, 0.2) is 5.96 Å². The van der Waals surface area contributed by atoms with Gasteiger partial charge in [-0.25, -0.2) is 4.99 Å². The number of nitrogens with two attached hydrogens (primary N) is 3. The quantitative estimate of drug-likeness (QED) is 0.0672. The Kier molecular flexibility index (Phi) is 13.5. The number of carbonyl (C=O) groups is 5. The number of ether oxygens (including phenoxy) is 1. The Morgan fingerprint density at radius 2 is 1.48 bits per heavy atom. The Hall–Kier alpha value is -4.94. The van der Waals surface area contributed by atoms with Crippen molar-refractivity contribution in [2.24, 2.45) is 22.2 Å². The van der Waals surface area contributed by atoms with Crippen LogP contribution in [0.2, 0.25) is 0 Å². The second-order valence-electron chi connectivity index (χ2n) is 9.64. The summed E-state index contributed by atoms with van der Waals surface area (Å²) in [4.78, 5) is 65.8. The van der Waals surface area contributed by atoms with Crippen molar-refractivity contribution in [3.05, 3.63) is 65.7 Å². The highest BCUT2D eigenvalue weighted by Crippen LogP contribution is 2.15. The minimum Gasteiger partial charge on any atom is -0.427 e. The van der Waals surface area contributed by atoms with Gasteiger partial charge in [0, 0.05) is 19.8 Å². The van der Waals surface area contributed by atoms with Crippen LogP contribution in [0, 0.1) is 0 Å². The molecule has 0 spiro atoms. The van der Waals surface area contributed by atoms with E-state index in [0.29, 0.717) is 24.2 Å². The number of benzene rings is 2. The van der Waals surface area contributed by atoms with Crippen LogP contribution >= 0.6 is 0 Å². The number of guanidine groups is 1. The smallest absolute Gasteiger partial charge is 0.308 e. The van der Waals surface area contributed by atoms with E-state index in [1.165, 1.54) is 6.92 Å². The van der Waals surface area contributed by atoms with Crippen LogP contribution in [0.15, 0.2) is 59.6 Å². The molecule has 0 aliphatic heterocycles. The fourth-order valence-corrected chi connectivity index (χ4v) is 4.01. The number of esters is 1. The molecule has 0 aliphatic carbocycles. The molecule has 226 valence electrons. The monoisotopic (exact) mass is 581 g/mol. The van der Waals surface area contributed by atoms with Crippen LogP contribution in [0.25, 0.3) is 0 Å². The summed E-state index contributed by atoms with van der Waals surface area (Å²) in [6.07, 6.45) is 1.98. The highest BCUT2D eigenvalue weighted by Gasteiger charge is 2.26. The molecule has 0 saturated carbocycles. The Bertz CT molecular complexity index is 1250. The summed E-state index contributed by atoms with van der Waals surface area (Å²) in [6, 6.07) is 12.5. The van der Waals surface area contributed by atoms with Gasteiger partial charge in [0.2, 0.25) is 23.6 Å². The van der Waals surface area contributed by atoms with Crippen LogP contribution in [0.1, 0.15) is 44.2 Å². The van der Waals surface area contributed by atoms with Gasteiger partial charge in [-0.15, -0.1) is 0 Å². The van der Waals surface area contributed by atoms with Crippen molar-refractivity contribution in [1.82, 2.24) is 16.0 Å². The number of unbranched alkanes of at least 4 members (excludes halogenated alkanes) is 1. The molecule has 0 aromatic heterocycles. The second-order valence-corrected chi connectivity index (χ2v) is 9.64. The van der Waals surface area contributed by atoms with E-state index in [2.05, 4.69) is 20.9 Å². The van der Waals surface area contributed by atoms with Gasteiger partial charge in [0.1, 0.15) is 23.9 Å². The van der Waals surface area contributed by atoms with Crippen LogP contribution in [0.5, 0.6) is 5.75 Å². The Labute approximate surface area is 244 Å². The first kappa shape index (κ1) is 33.3. The summed E-state index contributed by atoms with van der Waals surface area (Å²) in [5.74, 6) is -2.93. The summed E-state index contributed by atoms with van der Waals surface area (Å²) in [5.41, 5.74) is 18.1. The fourth-order valence-electron chi connectivity index (χ4n) is 4.01. The predicted octanol–water partition coefficient (Wildman–Crippen LogP) is -0.200. The summed E-state index contributed by atoms with van der Waals surface area (Å²) in [6.45, 7) is 2.79. The Balaban J connectivity index is 2.04. The molecule has 9 N–H and O–H groups in total. The summed E-state index contributed by atoms with van der Waals surface area (Å²) < 4.78 is 5.02. The third-order valence-electron chi connectivity index (χ3n) is 6.09. The van der Waals surface area contributed by atoms with Crippen molar-refractivity contribution in [3.8, 4) is 5.75 Å². The third kappa shape index (κ3) is 12.1. The zero-order valence-corrected chi connectivity index (χ0v) is 23.8. The van der Waals surface area contributed by atoms with Gasteiger partial charge in [-0.05, 0) is 29.7 Å². The number of primary amides is 1. The van der Waals surface area contributed by atoms with Crippen molar-refractivity contribution < 1.29 is 28.7 Å². The standard InChI is InChI=1S/C29H39N7O6/c1-3-4-10-22(27(40)33-17-25(38)34-23(26(30)39)15-19-8-6-5-7-9-19)35-28(41)24(36-29(31)32)16-20-11-13-21(14-12-20)42-18(2)37/h5-9,11-14,22-24H,3-4,10,15-17H2,1-2H3,(H2,30,39)(H,33,40)(H,34,38)(H,35,41)(H4,31,32,36)/t22-,23+,24+/m1/s1. The fraction of sp³-hybridized carbons (Fsp3) is 0.379. The van der Waals surface area contributed by atoms with Crippen LogP contribution in [-0.4, -0.2) is 60.2 Å². The van der Waals surface area contributed by atoms with E-state index in [1.54, 1.807) is 48.5 Å². The number of aliphatic imine (C=N–C) groups is 1. The molecule has 4 amide bonds. The van der Waals surface area contributed by atoms with E-state index in [0.717, 1.165) is 12.0 Å². The van der Waals surface area contributed by atoms with E-state index >= 15 is 0 Å². The number of rotatable bonds is 16. The van der Waals surface area contributed by atoms with Gasteiger partial charge < -0.3 is 37.9 Å². The number of hydrogen-bond acceptors (Lipinski definition) is 7. The molecule has 0 unspecified atom stereocenters. The van der Waals surface area contributed by atoms with Crippen LogP contribution in [0.4, 0.5) is 0 Å². The van der Waals surface area contributed by atoms with Crippen molar-refractivity contribution in [1.29, 1.82) is 0 Å². The topological polar surface area (TPSA) is 221 Å². The molecule has 13 nitrogen and oxygen atoms in total. The van der Waals surface area contributed by atoms with Crippen molar-refractivity contribution >= 4 is 35.6 Å². The van der Waals surface area contributed by atoms with Gasteiger partial charge in [-0.2, -0.15) is 0 Å². The van der Waals surface area contributed by atoms with Crippen molar-refractivity contribution in [3.63, 3.8) is 0 Å². The SMILES string of the molecule is CCCC[C@@H](NC(=O)[C@H](Cc1ccc(OC(C)=O)cc1)N=C(N)N)C(=O)NCC(=O)N[C@@H](Cc1ccccc1)C(N)=O. The molecule has 0 fully saturated rings. The number of hydrogen-bond donors (Lipinski definition) is 6. The maximum atomic E-state index is 13.2.